The summed E-state index contributed by atoms with van der Waals surface area (Å²) in [7, 11) is 0. The predicted octanol–water partition coefficient (Wildman–Crippen LogP) is 2.51. The summed E-state index contributed by atoms with van der Waals surface area (Å²) < 4.78 is 13.5. The Hall–Kier alpha value is -0.110. The van der Waals surface area contributed by atoms with Gasteiger partial charge in [0.05, 0.1) is 0 Å². The number of hydrogen-bond donors (Lipinski definition) is 1. The Morgan fingerprint density at radius 2 is 2.17 bits per heavy atom. The maximum absolute atomic E-state index is 13.5. The van der Waals surface area contributed by atoms with Gasteiger partial charge in [-0.15, -0.1) is 0 Å². The number of halogens is 1. The third-order valence-corrected chi connectivity index (χ3v) is 2.59. The molecule has 0 spiro atoms. The summed E-state index contributed by atoms with van der Waals surface area (Å²) in [6.45, 7) is 6.97. The van der Waals surface area contributed by atoms with Crippen LogP contribution in [-0.2, 0) is 0 Å². The lowest BCUT2D eigenvalue weighted by Gasteiger charge is -2.25. The minimum atomic E-state index is -0.673. The van der Waals surface area contributed by atoms with Gasteiger partial charge in [-0.2, -0.15) is 0 Å². The molecule has 0 aromatic heterocycles. The first-order chi connectivity index (χ1) is 5.50. The second-order valence-corrected chi connectivity index (χ2v) is 4.86. The van der Waals surface area contributed by atoms with Crippen LogP contribution in [0.1, 0.15) is 40.0 Å². The molecule has 0 bridgehead atoms. The van der Waals surface area contributed by atoms with E-state index in [9.17, 15) is 4.39 Å². The van der Waals surface area contributed by atoms with E-state index >= 15 is 0 Å². The van der Waals surface area contributed by atoms with E-state index in [1.807, 2.05) is 20.8 Å². The summed E-state index contributed by atoms with van der Waals surface area (Å²) in [5.74, 6) is 0. The molecular formula is C10H20FN. The average molecular weight is 173 g/mol. The molecule has 72 valence electrons. The molecule has 1 aliphatic heterocycles. The molecule has 1 saturated heterocycles. The lowest BCUT2D eigenvalue weighted by atomic mass is 9.86. The summed E-state index contributed by atoms with van der Waals surface area (Å²) in [6.07, 6.45) is 2.37. The Morgan fingerprint density at radius 1 is 1.50 bits per heavy atom. The van der Waals surface area contributed by atoms with Crippen LogP contribution in [0.3, 0.4) is 0 Å². The van der Waals surface area contributed by atoms with E-state index in [0.29, 0.717) is 12.5 Å². The first-order valence-electron chi connectivity index (χ1n) is 4.87. The molecular weight excluding hydrogens is 153 g/mol. The molecule has 0 saturated carbocycles. The molecule has 2 heteroatoms. The normalized spacial score (nSPS) is 27.5. The van der Waals surface area contributed by atoms with Crippen LogP contribution in [0.25, 0.3) is 0 Å². The molecule has 0 radical (unpaired) electrons. The highest BCUT2D eigenvalue weighted by Crippen LogP contribution is 2.27. The van der Waals surface area contributed by atoms with Crippen LogP contribution in [0.5, 0.6) is 0 Å². The maximum atomic E-state index is 13.5. The van der Waals surface area contributed by atoms with Crippen molar-refractivity contribution < 1.29 is 4.39 Å². The van der Waals surface area contributed by atoms with Crippen molar-refractivity contribution in [3.8, 4) is 0 Å². The van der Waals surface area contributed by atoms with Crippen LogP contribution >= 0.6 is 0 Å². The summed E-state index contributed by atoms with van der Waals surface area (Å²) in [6, 6.07) is 0.430. The largest absolute Gasteiger partial charge is 0.314 e. The van der Waals surface area contributed by atoms with Gasteiger partial charge in [0, 0.05) is 6.04 Å². The quantitative estimate of drug-likeness (QED) is 0.676. The van der Waals surface area contributed by atoms with Gasteiger partial charge in [-0.05, 0) is 31.2 Å². The molecule has 2 unspecified atom stereocenters. The van der Waals surface area contributed by atoms with Crippen LogP contribution in [0.2, 0.25) is 0 Å². The van der Waals surface area contributed by atoms with Crippen LogP contribution in [0.15, 0.2) is 0 Å². The second kappa shape index (κ2) is 3.73. The zero-order chi connectivity index (χ0) is 9.19. The van der Waals surface area contributed by atoms with Crippen molar-refractivity contribution in [3.05, 3.63) is 0 Å². The van der Waals surface area contributed by atoms with Gasteiger partial charge in [-0.3, -0.25) is 0 Å². The summed E-state index contributed by atoms with van der Waals surface area (Å²) in [5.41, 5.74) is -0.190. The smallest absolute Gasteiger partial charge is 0.106 e. The van der Waals surface area contributed by atoms with Crippen LogP contribution in [0, 0.1) is 5.41 Å². The molecule has 2 atom stereocenters. The molecule has 1 heterocycles. The fraction of sp³-hybridized carbons (Fsp3) is 1.00. The molecule has 1 N–H and O–H groups in total. The first kappa shape index (κ1) is 9.97. The minimum Gasteiger partial charge on any atom is -0.314 e. The Bertz CT molecular complexity index is 133. The fourth-order valence-electron chi connectivity index (χ4n) is 1.56. The number of nitrogens with one attached hydrogen (secondary N) is 1. The zero-order valence-electron chi connectivity index (χ0n) is 8.36. The highest BCUT2D eigenvalue weighted by atomic mass is 19.1. The van der Waals surface area contributed by atoms with Gasteiger partial charge >= 0.3 is 0 Å². The van der Waals surface area contributed by atoms with Gasteiger partial charge in [0.2, 0.25) is 0 Å². The standard InChI is InChI=1S/C10H20FN/c1-10(2,3)9(11)7-8-5-4-6-12-8/h8-9,12H,4-7H2,1-3H3. The van der Waals surface area contributed by atoms with Crippen molar-refractivity contribution in [2.75, 3.05) is 6.54 Å². The third-order valence-electron chi connectivity index (χ3n) is 2.59. The van der Waals surface area contributed by atoms with Crippen molar-refractivity contribution >= 4 is 0 Å². The van der Waals surface area contributed by atoms with E-state index in [2.05, 4.69) is 5.32 Å². The van der Waals surface area contributed by atoms with Crippen molar-refractivity contribution in [1.82, 2.24) is 5.32 Å². The average Bonchev–Trinajstić information content (AvgIpc) is 2.37. The van der Waals surface area contributed by atoms with Gasteiger partial charge in [-0.25, -0.2) is 4.39 Å². The third kappa shape index (κ3) is 2.74. The number of alkyl halides is 1. The van der Waals surface area contributed by atoms with E-state index in [1.54, 1.807) is 0 Å². The minimum absolute atomic E-state index is 0.190. The predicted molar refractivity (Wildman–Crippen MR) is 50.0 cm³/mol. The van der Waals surface area contributed by atoms with E-state index in [0.717, 1.165) is 13.0 Å². The molecule has 0 aromatic rings. The Labute approximate surface area is 74.7 Å². The molecule has 0 aliphatic carbocycles. The molecule has 0 aromatic carbocycles. The maximum Gasteiger partial charge on any atom is 0.106 e. The number of hydrogen-bond acceptors (Lipinski definition) is 1. The Balaban J connectivity index is 2.30. The topological polar surface area (TPSA) is 12.0 Å². The summed E-state index contributed by atoms with van der Waals surface area (Å²) in [5, 5.41) is 3.32. The molecule has 12 heavy (non-hydrogen) atoms. The van der Waals surface area contributed by atoms with Gasteiger partial charge in [-0.1, -0.05) is 20.8 Å². The summed E-state index contributed by atoms with van der Waals surface area (Å²) >= 11 is 0. The zero-order valence-corrected chi connectivity index (χ0v) is 8.36. The van der Waals surface area contributed by atoms with E-state index in [1.165, 1.54) is 6.42 Å². The second-order valence-electron chi connectivity index (χ2n) is 4.86. The lowest BCUT2D eigenvalue weighted by Crippen LogP contribution is -2.31. The summed E-state index contributed by atoms with van der Waals surface area (Å²) in [4.78, 5) is 0. The van der Waals surface area contributed by atoms with Crippen molar-refractivity contribution in [2.24, 2.45) is 5.41 Å². The van der Waals surface area contributed by atoms with E-state index in [4.69, 9.17) is 0 Å². The fourth-order valence-corrected chi connectivity index (χ4v) is 1.56. The van der Waals surface area contributed by atoms with Gasteiger partial charge in [0.25, 0.3) is 0 Å². The SMILES string of the molecule is CC(C)(C)C(F)CC1CCCN1. The van der Waals surface area contributed by atoms with Gasteiger partial charge in [0.15, 0.2) is 0 Å². The molecule has 1 rings (SSSR count). The van der Waals surface area contributed by atoms with Gasteiger partial charge in [0.1, 0.15) is 6.17 Å². The molecule has 0 amide bonds. The van der Waals surface area contributed by atoms with Gasteiger partial charge < -0.3 is 5.32 Å². The van der Waals surface area contributed by atoms with Crippen molar-refractivity contribution in [2.45, 2.75) is 52.2 Å². The Morgan fingerprint density at radius 3 is 2.58 bits per heavy atom. The van der Waals surface area contributed by atoms with E-state index in [-0.39, 0.29) is 5.41 Å². The van der Waals surface area contributed by atoms with Crippen LogP contribution in [0.4, 0.5) is 4.39 Å². The lowest BCUT2D eigenvalue weighted by molar-refractivity contribution is 0.140. The molecule has 1 fully saturated rings. The van der Waals surface area contributed by atoms with Crippen molar-refractivity contribution in [1.29, 1.82) is 0 Å². The monoisotopic (exact) mass is 173 g/mol. The van der Waals surface area contributed by atoms with Crippen molar-refractivity contribution in [3.63, 3.8) is 0 Å². The number of rotatable bonds is 2. The highest BCUT2D eigenvalue weighted by molar-refractivity contribution is 4.82. The molecule has 1 nitrogen and oxygen atoms in total. The van der Waals surface area contributed by atoms with E-state index < -0.39 is 6.17 Å². The Kier molecular flexibility index (Phi) is 3.10. The van der Waals surface area contributed by atoms with Crippen LogP contribution < -0.4 is 5.32 Å². The first-order valence-corrected chi connectivity index (χ1v) is 4.87. The molecule has 1 aliphatic rings. The van der Waals surface area contributed by atoms with Crippen LogP contribution in [-0.4, -0.2) is 18.8 Å². The highest BCUT2D eigenvalue weighted by Gasteiger charge is 2.28.